The van der Waals surface area contributed by atoms with Crippen molar-refractivity contribution in [2.24, 2.45) is 33.8 Å². The number of aromatic amines is 1. The van der Waals surface area contributed by atoms with Gasteiger partial charge in [-0.3, -0.25) is 33.8 Å². The molecule has 30 heteroatoms. The number of nitrogens with two attached hydrogens (primary N) is 4. The van der Waals surface area contributed by atoms with Crippen LogP contribution in [-0.2, 0) is 56.0 Å². The molecule has 476 valence electrons. The average Bonchev–Trinajstić information content (AvgIpc) is 2.72. The molecule has 88 heavy (non-hydrogen) atoms. The van der Waals surface area contributed by atoms with E-state index >= 15 is 0 Å². The van der Waals surface area contributed by atoms with Gasteiger partial charge in [-0.25, -0.2) is 4.79 Å². The van der Waals surface area contributed by atoms with E-state index in [1.165, 1.54) is 6.92 Å². The van der Waals surface area contributed by atoms with E-state index in [4.69, 9.17) is 22.9 Å². The molecule has 1 aliphatic rings. The summed E-state index contributed by atoms with van der Waals surface area (Å²) in [5, 5.41) is 43.7. The minimum atomic E-state index is -1.75. The number of carbonyl (C=O) groups is 9. The quantitative estimate of drug-likeness (QED) is 0.0125. The van der Waals surface area contributed by atoms with Crippen molar-refractivity contribution in [1.29, 1.82) is 0 Å². The summed E-state index contributed by atoms with van der Waals surface area (Å²) in [6.07, 6.45) is 0.0679. The molecule has 2 aromatic heterocycles. The fraction of sp³-hybridized carbons (Fsp3) is 0.466. The molecule has 19 N–H and O–H groups in total. The molecule has 1 fully saturated rings. The van der Waals surface area contributed by atoms with Crippen molar-refractivity contribution in [3.8, 4) is 5.69 Å². The van der Waals surface area contributed by atoms with Gasteiger partial charge in [-0.15, -0.1) is 0 Å². The van der Waals surface area contributed by atoms with Crippen LogP contribution >= 0.6 is 21.6 Å². The second-order valence-electron chi connectivity index (χ2n) is 21.7. The van der Waals surface area contributed by atoms with E-state index in [1.807, 2.05) is 12.1 Å². The van der Waals surface area contributed by atoms with Gasteiger partial charge in [-0.1, -0.05) is 32.0 Å². The number of aliphatic imine (C=N–C) groups is 1. The molecule has 5 aromatic rings. The number of hydrogen-bond acceptors (Lipinski definition) is 16. The summed E-state index contributed by atoms with van der Waals surface area (Å²) in [6, 6.07) is 9.47. The van der Waals surface area contributed by atoms with Crippen molar-refractivity contribution in [3.63, 3.8) is 0 Å². The van der Waals surface area contributed by atoms with Crippen molar-refractivity contribution < 1.29 is 53.4 Å². The number of para-hydroxylation sites is 1. The molecule has 9 atom stereocenters. The summed E-state index contributed by atoms with van der Waals surface area (Å²) in [4.78, 5) is 148. The third-order valence-electron chi connectivity index (χ3n) is 14.2. The van der Waals surface area contributed by atoms with Gasteiger partial charge in [0.1, 0.15) is 36.3 Å². The summed E-state index contributed by atoms with van der Waals surface area (Å²) in [6.45, 7) is 4.83. The van der Waals surface area contributed by atoms with Gasteiger partial charge in [0.2, 0.25) is 35.4 Å². The second kappa shape index (κ2) is 34.1. The third kappa shape index (κ3) is 20.4. The van der Waals surface area contributed by atoms with Gasteiger partial charge in [0.25, 0.3) is 0 Å². The number of guanidine groups is 1. The first-order valence-corrected chi connectivity index (χ1v) is 33.0. The Balaban J connectivity index is 1.38. The van der Waals surface area contributed by atoms with Crippen LogP contribution in [-0.4, -0.2) is 178 Å². The Hall–Kier alpha value is -7.73. The molecule has 8 amide bonds. The van der Waals surface area contributed by atoms with Gasteiger partial charge in [0.15, 0.2) is 5.96 Å². The van der Waals surface area contributed by atoms with Gasteiger partial charge >= 0.3 is 182 Å². The molecule has 3 heterocycles. The topological polar surface area (TPSA) is 445 Å². The van der Waals surface area contributed by atoms with Gasteiger partial charge in [-0.2, -0.15) is 0 Å². The molecule has 3 aromatic carbocycles. The number of amides is 8. The van der Waals surface area contributed by atoms with Crippen molar-refractivity contribution >= 4 is 116 Å². The Morgan fingerprint density at radius 2 is 1.31 bits per heavy atom. The van der Waals surface area contributed by atoms with Gasteiger partial charge < -0.3 is 70.0 Å². The summed E-state index contributed by atoms with van der Waals surface area (Å²) in [5.74, 6) is -9.26. The number of carbonyl (C=O) groups excluding carboxylic acids is 8. The van der Waals surface area contributed by atoms with Crippen LogP contribution in [0.3, 0.4) is 0 Å². The van der Waals surface area contributed by atoms with Crippen molar-refractivity contribution in [2.45, 2.75) is 133 Å². The van der Waals surface area contributed by atoms with Crippen LogP contribution in [0.15, 0.2) is 88.8 Å². The Morgan fingerprint density at radius 3 is 1.95 bits per heavy atom. The number of nitrogens with zero attached hydrogens (tertiary/aromatic N) is 2. The molecule has 0 spiro atoms. The molecule has 27 nitrogen and oxygen atoms in total. The molecular weight excluding hydrogens is 1240 g/mol. The zero-order chi connectivity index (χ0) is 64.0. The number of rotatable bonds is 22. The van der Waals surface area contributed by atoms with Gasteiger partial charge in [0, 0.05) is 35.8 Å². The maximum atomic E-state index is 14.7. The van der Waals surface area contributed by atoms with E-state index in [0.717, 1.165) is 25.8 Å². The van der Waals surface area contributed by atoms with E-state index in [0.29, 0.717) is 39.5 Å². The third-order valence-corrected chi connectivity index (χ3v) is 19.0. The van der Waals surface area contributed by atoms with Gasteiger partial charge in [0.05, 0.1) is 6.10 Å². The second-order valence-corrected chi connectivity index (χ2v) is 26.3. The Labute approximate surface area is 522 Å². The normalized spacial score (nSPS) is 21.2. The number of aliphatic hydroxyl groups excluding tert-OH is 1. The van der Waals surface area contributed by atoms with Crippen LogP contribution in [0.25, 0.3) is 26.2 Å². The SMILES string of the molecule is CC(C)C[C@H](NC(=O)[C@@H]1CSSC[C@H](NC(=O)Cc2ccc(-n3[se]c4ccccc4c3=O)cc2)C(=O)N[C@@H](CCN)C(=O)N[C@@H](CCCN=C(N)N)C(=O)N[C@@H](Cc2c[nH]c3ccccc23)C(=O)N[C@@H]([C@@H](C)O)C(=O)N[C@@H](CCCCN)C(=O)N1)C(=O)O. The molecule has 0 aliphatic carbocycles. The zero-order valence-electron chi connectivity index (χ0n) is 49.1. The van der Waals surface area contributed by atoms with E-state index < -0.39 is 108 Å². The number of hydrogen-bond donors (Lipinski definition) is 15. The Morgan fingerprint density at radius 1 is 0.705 bits per heavy atom. The number of carboxylic acids is 1. The standard InChI is InChI=1S/C58H79N15O12S2Se/c1-31(2)25-43(57(84)85)70-54(81)45-30-87-86-29-44(65-47(75)26-33-17-19-35(20-18-33)73-56(83)37-12-5-7-16-46(37)88-73)53(80)67-41(21-23-60)51(78)66-40(15-10-24-63-58(61)62)49(76)69-42(27-34-28-64-38-13-6-4-11-36(34)38)52(79)72-48(32(3)74)55(82)68-39(50(77)71-45)14-8-9-22-59/h4-7,11-13,16-20,28,31-32,39-45,48,64,74H,8-10,14-15,21-27,29-30,59-60H2,1-3H3,(H,65,75)(H,66,78)(H,67,80)(H,68,82)(H,69,76)(H,70,81)(H,71,77)(H,72,79)(H,84,85)(H4,61,62,63)/t32-,39+,40+,41+,42+,43+,44+,45+,48+/m1/s1. The number of fused-ring (bicyclic) bond motifs is 2. The summed E-state index contributed by atoms with van der Waals surface area (Å²) in [5.41, 5.74) is 25.3. The van der Waals surface area contributed by atoms with E-state index in [2.05, 4.69) is 52.5 Å². The number of aromatic nitrogens is 2. The molecule has 1 aliphatic heterocycles. The smallest absolute Gasteiger partial charge is 0.480 e. The summed E-state index contributed by atoms with van der Waals surface area (Å²) < 4.78 is 2.61. The number of aliphatic carboxylic acids is 1. The van der Waals surface area contributed by atoms with Crippen LogP contribution in [0, 0.1) is 5.92 Å². The summed E-state index contributed by atoms with van der Waals surface area (Å²) in [7, 11) is 1.96. The molecule has 0 unspecified atom stereocenters. The first kappa shape index (κ1) is 69.4. The first-order chi connectivity index (χ1) is 42.1. The van der Waals surface area contributed by atoms with E-state index in [1.54, 1.807) is 84.3 Å². The first-order valence-electron chi connectivity index (χ1n) is 28.8. The number of benzene rings is 3. The average molecular weight is 1320 g/mol. The Bertz CT molecular complexity index is 3330. The minimum absolute atomic E-state index is 0.0157. The molecule has 0 bridgehead atoms. The monoisotopic (exact) mass is 1320 g/mol. The van der Waals surface area contributed by atoms with Crippen molar-refractivity contribution in [2.75, 3.05) is 31.1 Å². The van der Waals surface area contributed by atoms with Crippen molar-refractivity contribution in [1.82, 2.24) is 51.1 Å². The fourth-order valence-electron chi connectivity index (χ4n) is 9.59. The zero-order valence-corrected chi connectivity index (χ0v) is 52.4. The number of nitrogens with one attached hydrogen (secondary N) is 9. The molecule has 0 saturated carbocycles. The molecule has 0 radical (unpaired) electrons. The van der Waals surface area contributed by atoms with Crippen LogP contribution in [0.1, 0.15) is 76.8 Å². The predicted molar refractivity (Wildman–Crippen MR) is 338 cm³/mol. The number of unbranched alkanes of at least 4 members (excludes halogenated alkanes) is 1. The van der Waals surface area contributed by atoms with Gasteiger partial charge in [-0.05, 0) is 82.5 Å². The van der Waals surface area contributed by atoms with Crippen LogP contribution in [0.2, 0.25) is 0 Å². The molecular formula is C58H79N15O12S2Se. The number of aliphatic hydroxyl groups is 1. The fourth-order valence-corrected chi connectivity index (χ4v) is 14.0. The van der Waals surface area contributed by atoms with Crippen LogP contribution in [0.4, 0.5) is 0 Å². The predicted octanol–water partition coefficient (Wildman–Crippen LogP) is -1.37. The van der Waals surface area contributed by atoms with E-state index in [-0.39, 0.29) is 115 Å². The molecule has 1 saturated heterocycles. The van der Waals surface area contributed by atoms with Crippen LogP contribution < -0.4 is 71.0 Å². The maximum absolute atomic E-state index is 14.7. The number of H-pyrrole nitrogens is 1. The minimum Gasteiger partial charge on any atom is -0.480 e. The van der Waals surface area contributed by atoms with Crippen molar-refractivity contribution in [3.05, 3.63) is 100 Å². The molecule has 6 rings (SSSR count). The number of carboxylic acid groups (broad SMARTS) is 1. The van der Waals surface area contributed by atoms with E-state index in [9.17, 15) is 58.2 Å². The van der Waals surface area contributed by atoms with Crippen LogP contribution in [0.5, 0.6) is 0 Å². The Kier molecular flexibility index (Phi) is 26.9. The summed E-state index contributed by atoms with van der Waals surface area (Å²) >= 11 is -0.311.